The number of dihydropyridines is 1. The monoisotopic (exact) mass is 245 g/mol. The first-order valence-electron chi connectivity index (χ1n) is 2.86. The van der Waals surface area contributed by atoms with Crippen molar-refractivity contribution in [2.24, 2.45) is 15.0 Å². The van der Waals surface area contributed by atoms with E-state index in [-0.39, 0.29) is 6.17 Å². The third-order valence-corrected chi connectivity index (χ3v) is 2.25. The van der Waals surface area contributed by atoms with Crippen LogP contribution in [0, 0.1) is 0 Å². The molecule has 1 atom stereocenters. The van der Waals surface area contributed by atoms with Crippen molar-refractivity contribution in [1.29, 1.82) is 0 Å². The molecule has 50 valence electrons. The van der Waals surface area contributed by atoms with Crippen molar-refractivity contribution in [3.05, 3.63) is 9.66 Å². The summed E-state index contributed by atoms with van der Waals surface area (Å²) in [5, 5.41) is 0. The lowest BCUT2D eigenvalue weighted by Crippen LogP contribution is -2.15. The molecule has 0 saturated heterocycles. The van der Waals surface area contributed by atoms with Gasteiger partial charge in [0.2, 0.25) is 0 Å². The summed E-state index contributed by atoms with van der Waals surface area (Å²) >= 11 is 2.23. The van der Waals surface area contributed by atoms with Crippen molar-refractivity contribution in [2.75, 3.05) is 0 Å². The van der Waals surface area contributed by atoms with Crippen molar-refractivity contribution in [2.45, 2.75) is 6.17 Å². The van der Waals surface area contributed by atoms with E-state index in [1.54, 1.807) is 12.6 Å². The van der Waals surface area contributed by atoms with Crippen LogP contribution < -0.4 is 0 Å². The fraction of sp³-hybridized carbons (Fsp3) is 0.167. The Morgan fingerprint density at radius 2 is 2.30 bits per heavy atom. The number of allylic oxidation sites excluding steroid dienone is 1. The van der Waals surface area contributed by atoms with Crippen LogP contribution in [-0.4, -0.2) is 24.4 Å². The van der Waals surface area contributed by atoms with Crippen molar-refractivity contribution in [1.82, 2.24) is 0 Å². The maximum Gasteiger partial charge on any atom is 0.184 e. The Kier molecular flexibility index (Phi) is 1.40. The minimum Gasteiger partial charge on any atom is -0.260 e. The Morgan fingerprint density at radius 3 is 3.10 bits per heavy atom. The number of hydrogen-bond donors (Lipinski definition) is 0. The molecule has 0 bridgehead atoms. The molecule has 0 radical (unpaired) electrons. The molecule has 0 spiro atoms. The number of fused-ring (bicyclic) bond motifs is 1. The minimum absolute atomic E-state index is 0.0445. The van der Waals surface area contributed by atoms with E-state index in [0.29, 0.717) is 0 Å². The summed E-state index contributed by atoms with van der Waals surface area (Å²) in [6, 6.07) is 0. The highest BCUT2D eigenvalue weighted by atomic mass is 127. The molecule has 0 N–H and O–H groups in total. The lowest BCUT2D eigenvalue weighted by molar-refractivity contribution is 0.954. The van der Waals surface area contributed by atoms with E-state index in [9.17, 15) is 0 Å². The van der Waals surface area contributed by atoms with Gasteiger partial charge in [0.15, 0.2) is 6.17 Å². The zero-order valence-electron chi connectivity index (χ0n) is 5.03. The van der Waals surface area contributed by atoms with Crippen LogP contribution in [0.2, 0.25) is 0 Å². The summed E-state index contributed by atoms with van der Waals surface area (Å²) < 4.78 is 1.13. The van der Waals surface area contributed by atoms with E-state index in [2.05, 4.69) is 37.6 Å². The van der Waals surface area contributed by atoms with Gasteiger partial charge in [-0.05, 0) is 28.7 Å². The van der Waals surface area contributed by atoms with Gasteiger partial charge in [-0.1, -0.05) is 0 Å². The average molecular weight is 245 g/mol. The van der Waals surface area contributed by atoms with Gasteiger partial charge in [0.05, 0.1) is 0 Å². The fourth-order valence-corrected chi connectivity index (χ4v) is 1.44. The second kappa shape index (κ2) is 2.26. The molecule has 3 nitrogen and oxygen atoms in total. The molecule has 0 aromatic carbocycles. The van der Waals surface area contributed by atoms with Gasteiger partial charge < -0.3 is 0 Å². The van der Waals surface area contributed by atoms with Crippen LogP contribution in [0.1, 0.15) is 0 Å². The van der Waals surface area contributed by atoms with Gasteiger partial charge in [-0.3, -0.25) is 4.99 Å². The van der Waals surface area contributed by atoms with Crippen molar-refractivity contribution in [3.8, 4) is 0 Å². The topological polar surface area (TPSA) is 37.1 Å². The van der Waals surface area contributed by atoms with Crippen LogP contribution in [0.3, 0.4) is 0 Å². The van der Waals surface area contributed by atoms with E-state index in [1.807, 2.05) is 6.08 Å². The molecular weight excluding hydrogens is 241 g/mol. The maximum atomic E-state index is 4.11. The summed E-state index contributed by atoms with van der Waals surface area (Å²) in [5.41, 5.74) is 0.975. The fourth-order valence-electron chi connectivity index (χ4n) is 0.865. The van der Waals surface area contributed by atoms with Crippen LogP contribution >= 0.6 is 22.6 Å². The zero-order chi connectivity index (χ0) is 6.97. The van der Waals surface area contributed by atoms with Gasteiger partial charge in [0.25, 0.3) is 0 Å². The lowest BCUT2D eigenvalue weighted by atomic mass is 10.2. The van der Waals surface area contributed by atoms with Crippen LogP contribution in [0.25, 0.3) is 0 Å². The molecule has 4 heteroatoms. The number of aliphatic imine (C=N–C) groups is 3. The zero-order valence-corrected chi connectivity index (χ0v) is 7.19. The smallest absolute Gasteiger partial charge is 0.184 e. The number of nitrogens with zero attached hydrogens (tertiary/aromatic N) is 3. The molecule has 2 heterocycles. The van der Waals surface area contributed by atoms with Crippen molar-refractivity contribution in [3.63, 3.8) is 0 Å². The Labute approximate surface area is 71.8 Å². The third-order valence-electron chi connectivity index (χ3n) is 1.34. The van der Waals surface area contributed by atoms with Crippen molar-refractivity contribution < 1.29 is 0 Å². The summed E-state index contributed by atoms with van der Waals surface area (Å²) in [6.45, 7) is 0. The number of halogens is 1. The van der Waals surface area contributed by atoms with Gasteiger partial charge in [0.1, 0.15) is 12.1 Å². The van der Waals surface area contributed by atoms with E-state index < -0.39 is 0 Å². The van der Waals surface area contributed by atoms with E-state index >= 15 is 0 Å². The van der Waals surface area contributed by atoms with E-state index in [0.717, 1.165) is 9.29 Å². The molecule has 2 rings (SSSR count). The number of hydrogen-bond acceptors (Lipinski definition) is 3. The maximum absolute atomic E-state index is 4.11. The summed E-state index contributed by atoms with van der Waals surface area (Å²) in [6.07, 6.45) is 5.23. The van der Waals surface area contributed by atoms with E-state index in [1.165, 1.54) is 0 Å². The minimum atomic E-state index is -0.0445. The van der Waals surface area contributed by atoms with Crippen LogP contribution in [0.5, 0.6) is 0 Å². The summed E-state index contributed by atoms with van der Waals surface area (Å²) in [7, 11) is 0. The predicted octanol–water partition coefficient (Wildman–Crippen LogP) is 1.20. The highest BCUT2D eigenvalue weighted by Gasteiger charge is 2.20. The first-order chi connectivity index (χ1) is 4.88. The van der Waals surface area contributed by atoms with Gasteiger partial charge in [-0.15, -0.1) is 0 Å². The molecule has 10 heavy (non-hydrogen) atoms. The van der Waals surface area contributed by atoms with Crippen LogP contribution in [0.4, 0.5) is 0 Å². The molecule has 0 saturated carbocycles. The first kappa shape index (κ1) is 6.21. The first-order valence-corrected chi connectivity index (χ1v) is 3.94. The predicted molar refractivity (Wildman–Crippen MR) is 50.3 cm³/mol. The SMILES string of the molecule is IC1=CC=N[C@H]2N=CN=C12. The molecule has 0 amide bonds. The second-order valence-corrected chi connectivity index (χ2v) is 3.13. The Hall–Kier alpha value is -0.520. The second-order valence-electron chi connectivity index (χ2n) is 1.97. The van der Waals surface area contributed by atoms with Crippen LogP contribution in [0.15, 0.2) is 24.6 Å². The molecule has 0 fully saturated rings. The molecule has 0 aromatic rings. The third kappa shape index (κ3) is 0.828. The van der Waals surface area contributed by atoms with Gasteiger partial charge in [0, 0.05) is 9.79 Å². The van der Waals surface area contributed by atoms with Gasteiger partial charge >= 0.3 is 0 Å². The van der Waals surface area contributed by atoms with Crippen LogP contribution in [-0.2, 0) is 0 Å². The van der Waals surface area contributed by atoms with Gasteiger partial charge in [-0.2, -0.15) is 0 Å². The Balaban J connectivity index is 2.44. The standard InChI is InChI=1S/C6H4IN3/c7-4-1-2-8-6-5(4)9-3-10-6/h1-3,6H/t6-/m0/s1. The van der Waals surface area contributed by atoms with E-state index in [4.69, 9.17) is 0 Å². The quantitative estimate of drug-likeness (QED) is 0.575. The molecule has 2 aliphatic rings. The Bertz CT molecular complexity index is 275. The summed E-state index contributed by atoms with van der Waals surface area (Å²) in [4.78, 5) is 12.2. The lowest BCUT2D eigenvalue weighted by Gasteiger charge is -2.07. The molecule has 0 aliphatic carbocycles. The normalized spacial score (nSPS) is 27.9. The number of rotatable bonds is 0. The Morgan fingerprint density at radius 1 is 1.40 bits per heavy atom. The molecule has 0 aromatic heterocycles. The molecular formula is C6H4IN3. The average Bonchev–Trinajstić information content (AvgIpc) is 2.36. The largest absolute Gasteiger partial charge is 0.260 e. The van der Waals surface area contributed by atoms with Gasteiger partial charge in [-0.25, -0.2) is 9.98 Å². The summed E-state index contributed by atoms with van der Waals surface area (Å²) in [5.74, 6) is 0. The highest BCUT2D eigenvalue weighted by molar-refractivity contribution is 14.1. The highest BCUT2D eigenvalue weighted by Crippen LogP contribution is 2.19. The molecule has 2 aliphatic heterocycles. The van der Waals surface area contributed by atoms with Crippen molar-refractivity contribution >= 4 is 40.9 Å². The molecule has 0 unspecified atom stereocenters.